The van der Waals surface area contributed by atoms with Crippen molar-refractivity contribution in [3.05, 3.63) is 0 Å². The number of rotatable bonds is 6. The Morgan fingerprint density at radius 1 is 1.64 bits per heavy atom. The summed E-state index contributed by atoms with van der Waals surface area (Å²) in [5.41, 5.74) is 0. The van der Waals surface area contributed by atoms with E-state index in [4.69, 9.17) is 11.2 Å². The molecule has 2 unspecified atom stereocenters. The highest BCUT2D eigenvalue weighted by Gasteiger charge is 2.16. The topological polar surface area (TPSA) is 21.3 Å². The zero-order valence-electron chi connectivity index (χ0n) is 9.09. The Morgan fingerprint density at radius 2 is 2.50 bits per heavy atom. The summed E-state index contributed by atoms with van der Waals surface area (Å²) in [6.07, 6.45) is 11.6. The summed E-state index contributed by atoms with van der Waals surface area (Å²) in [5, 5.41) is 3.35. The Morgan fingerprint density at radius 3 is 3.07 bits per heavy atom. The molecule has 0 aliphatic carbocycles. The first-order valence-electron chi connectivity index (χ1n) is 5.68. The van der Waals surface area contributed by atoms with Crippen LogP contribution in [0.1, 0.15) is 39.0 Å². The fourth-order valence-corrected chi connectivity index (χ4v) is 1.79. The molecule has 1 saturated heterocycles. The Labute approximate surface area is 87.4 Å². The fourth-order valence-electron chi connectivity index (χ4n) is 1.79. The van der Waals surface area contributed by atoms with Crippen molar-refractivity contribution in [2.75, 3.05) is 13.2 Å². The second kappa shape index (κ2) is 6.86. The molecule has 0 aromatic rings. The Balaban J connectivity index is 2.10. The molecule has 0 radical (unpaired) electrons. The molecule has 80 valence electrons. The molecule has 0 spiro atoms. The molecule has 1 fully saturated rings. The van der Waals surface area contributed by atoms with Gasteiger partial charge in [-0.3, -0.25) is 0 Å². The van der Waals surface area contributed by atoms with Gasteiger partial charge in [-0.05, 0) is 38.6 Å². The number of ether oxygens (including phenoxy) is 1. The van der Waals surface area contributed by atoms with E-state index < -0.39 is 0 Å². The lowest BCUT2D eigenvalue weighted by Crippen LogP contribution is -2.29. The van der Waals surface area contributed by atoms with Crippen molar-refractivity contribution in [2.24, 2.45) is 0 Å². The van der Waals surface area contributed by atoms with Crippen LogP contribution in [0.5, 0.6) is 0 Å². The molecule has 1 aliphatic heterocycles. The summed E-state index contributed by atoms with van der Waals surface area (Å²) in [7, 11) is 0. The average molecular weight is 195 g/mol. The second-order valence-electron chi connectivity index (χ2n) is 3.89. The van der Waals surface area contributed by atoms with E-state index in [0.717, 1.165) is 32.4 Å². The van der Waals surface area contributed by atoms with Crippen LogP contribution in [0.25, 0.3) is 0 Å². The minimum Gasteiger partial charge on any atom is -0.378 e. The first kappa shape index (κ1) is 11.6. The van der Waals surface area contributed by atoms with Gasteiger partial charge in [-0.25, -0.2) is 0 Å². The normalized spacial score (nSPS) is 23.3. The van der Waals surface area contributed by atoms with Crippen molar-refractivity contribution in [3.8, 4) is 12.3 Å². The number of hydrogen-bond acceptors (Lipinski definition) is 2. The molecular formula is C12H21NO. The van der Waals surface area contributed by atoms with Crippen LogP contribution in [0.15, 0.2) is 0 Å². The molecule has 2 nitrogen and oxygen atoms in total. The van der Waals surface area contributed by atoms with Crippen molar-refractivity contribution >= 4 is 0 Å². The van der Waals surface area contributed by atoms with Gasteiger partial charge in [0, 0.05) is 6.61 Å². The predicted octanol–water partition coefficient (Wildman–Crippen LogP) is 1.95. The largest absolute Gasteiger partial charge is 0.378 e. The zero-order valence-corrected chi connectivity index (χ0v) is 9.09. The third-order valence-corrected chi connectivity index (χ3v) is 2.64. The van der Waals surface area contributed by atoms with Gasteiger partial charge in [-0.2, -0.15) is 0 Å². The van der Waals surface area contributed by atoms with Gasteiger partial charge in [0.15, 0.2) is 0 Å². The van der Waals surface area contributed by atoms with Crippen LogP contribution in [0, 0.1) is 12.3 Å². The third kappa shape index (κ3) is 4.13. The van der Waals surface area contributed by atoms with Crippen LogP contribution in [0.4, 0.5) is 0 Å². The maximum absolute atomic E-state index is 5.56. The molecule has 0 saturated carbocycles. The van der Waals surface area contributed by atoms with Crippen molar-refractivity contribution < 1.29 is 4.74 Å². The molecule has 0 aromatic carbocycles. The van der Waals surface area contributed by atoms with E-state index >= 15 is 0 Å². The Kier molecular flexibility index (Phi) is 5.66. The highest BCUT2D eigenvalue weighted by atomic mass is 16.5. The minimum atomic E-state index is 0.235. The van der Waals surface area contributed by atoms with Crippen LogP contribution in [-0.4, -0.2) is 25.3 Å². The van der Waals surface area contributed by atoms with Crippen LogP contribution in [0.2, 0.25) is 0 Å². The summed E-state index contributed by atoms with van der Waals surface area (Å²) in [5.74, 6) is 2.79. The standard InChI is InChI=1S/C12H21NO/c1-3-9-13-11(4-2)7-8-12-6-5-10-14-12/h2,11-13H,3,5-10H2,1H3. The highest BCUT2D eigenvalue weighted by Crippen LogP contribution is 2.17. The maximum atomic E-state index is 5.56. The van der Waals surface area contributed by atoms with Crippen LogP contribution >= 0.6 is 0 Å². The zero-order chi connectivity index (χ0) is 10.2. The Bertz CT molecular complexity index is 179. The first-order valence-corrected chi connectivity index (χ1v) is 5.68. The third-order valence-electron chi connectivity index (χ3n) is 2.64. The number of terminal acetylenes is 1. The quantitative estimate of drug-likeness (QED) is 0.654. The average Bonchev–Trinajstić information content (AvgIpc) is 2.71. The smallest absolute Gasteiger partial charge is 0.0687 e. The summed E-state index contributed by atoms with van der Waals surface area (Å²) < 4.78 is 5.56. The minimum absolute atomic E-state index is 0.235. The molecular weight excluding hydrogens is 174 g/mol. The molecule has 0 aromatic heterocycles. The van der Waals surface area contributed by atoms with Gasteiger partial charge in [0.05, 0.1) is 12.1 Å². The highest BCUT2D eigenvalue weighted by molar-refractivity contribution is 4.98. The lowest BCUT2D eigenvalue weighted by atomic mass is 10.1. The lowest BCUT2D eigenvalue weighted by molar-refractivity contribution is 0.101. The fraction of sp³-hybridized carbons (Fsp3) is 0.833. The second-order valence-corrected chi connectivity index (χ2v) is 3.89. The van der Waals surface area contributed by atoms with Gasteiger partial charge in [-0.1, -0.05) is 12.8 Å². The van der Waals surface area contributed by atoms with Gasteiger partial charge in [0.25, 0.3) is 0 Å². The first-order chi connectivity index (χ1) is 6.86. The van der Waals surface area contributed by atoms with Crippen LogP contribution < -0.4 is 5.32 Å². The number of hydrogen-bond donors (Lipinski definition) is 1. The van der Waals surface area contributed by atoms with Crippen molar-refractivity contribution in [2.45, 2.75) is 51.2 Å². The molecule has 14 heavy (non-hydrogen) atoms. The molecule has 2 atom stereocenters. The van der Waals surface area contributed by atoms with Crippen LogP contribution in [0.3, 0.4) is 0 Å². The molecule has 1 N–H and O–H groups in total. The van der Waals surface area contributed by atoms with E-state index in [1.807, 2.05) is 0 Å². The molecule has 0 amide bonds. The summed E-state index contributed by atoms with van der Waals surface area (Å²) in [6.45, 7) is 4.11. The van der Waals surface area contributed by atoms with E-state index in [9.17, 15) is 0 Å². The van der Waals surface area contributed by atoms with E-state index in [0.29, 0.717) is 6.10 Å². The van der Waals surface area contributed by atoms with E-state index in [1.165, 1.54) is 12.8 Å². The molecule has 1 aliphatic rings. The van der Waals surface area contributed by atoms with Gasteiger partial charge in [0.1, 0.15) is 0 Å². The molecule has 1 heterocycles. The van der Waals surface area contributed by atoms with Crippen molar-refractivity contribution in [3.63, 3.8) is 0 Å². The molecule has 2 heteroatoms. The molecule has 0 bridgehead atoms. The van der Waals surface area contributed by atoms with Gasteiger partial charge in [0.2, 0.25) is 0 Å². The van der Waals surface area contributed by atoms with E-state index in [2.05, 4.69) is 18.2 Å². The SMILES string of the molecule is C#CC(CCC1CCCO1)NCCC. The summed E-state index contributed by atoms with van der Waals surface area (Å²) in [6, 6.07) is 0.235. The van der Waals surface area contributed by atoms with Crippen molar-refractivity contribution in [1.82, 2.24) is 5.32 Å². The van der Waals surface area contributed by atoms with E-state index in [1.54, 1.807) is 0 Å². The Hall–Kier alpha value is -0.520. The van der Waals surface area contributed by atoms with E-state index in [-0.39, 0.29) is 6.04 Å². The maximum Gasteiger partial charge on any atom is 0.0687 e. The summed E-state index contributed by atoms with van der Waals surface area (Å²) in [4.78, 5) is 0. The lowest BCUT2D eigenvalue weighted by Gasteiger charge is -2.14. The van der Waals surface area contributed by atoms with Crippen molar-refractivity contribution in [1.29, 1.82) is 0 Å². The summed E-state index contributed by atoms with van der Waals surface area (Å²) >= 11 is 0. The van der Waals surface area contributed by atoms with Gasteiger partial charge < -0.3 is 10.1 Å². The molecule has 1 rings (SSSR count). The van der Waals surface area contributed by atoms with Gasteiger partial charge >= 0.3 is 0 Å². The monoisotopic (exact) mass is 195 g/mol. The number of nitrogens with one attached hydrogen (secondary N) is 1. The van der Waals surface area contributed by atoms with Gasteiger partial charge in [-0.15, -0.1) is 6.42 Å². The van der Waals surface area contributed by atoms with Crippen LogP contribution in [-0.2, 0) is 4.74 Å². The predicted molar refractivity (Wildman–Crippen MR) is 59.1 cm³/mol.